The molecule has 0 unspecified atom stereocenters. The van der Waals surface area contributed by atoms with Crippen LogP contribution in [0.2, 0.25) is 0 Å². The maximum atomic E-state index is 12.0. The number of rotatable bonds is 8. The molecule has 1 aromatic rings. The van der Waals surface area contributed by atoms with E-state index >= 15 is 0 Å². The summed E-state index contributed by atoms with van der Waals surface area (Å²) in [5, 5.41) is 4.83. The third kappa shape index (κ3) is 5.00. The summed E-state index contributed by atoms with van der Waals surface area (Å²) in [6.07, 6.45) is 4.85. The summed E-state index contributed by atoms with van der Waals surface area (Å²) >= 11 is 10.3. The second kappa shape index (κ2) is 10.2. The van der Waals surface area contributed by atoms with Crippen molar-refractivity contribution in [3.63, 3.8) is 0 Å². The van der Waals surface area contributed by atoms with Crippen molar-refractivity contribution in [1.29, 1.82) is 0 Å². The van der Waals surface area contributed by atoms with Crippen molar-refractivity contribution in [3.05, 3.63) is 37.7 Å². The smallest absolute Gasteiger partial charge is 0.267 e. The zero-order valence-corrected chi connectivity index (χ0v) is 19.4. The number of hydrogen-bond donors (Lipinski definition) is 2. The highest BCUT2D eigenvalue weighted by Crippen LogP contribution is 2.63. The Labute approximate surface area is 178 Å². The summed E-state index contributed by atoms with van der Waals surface area (Å²) in [7, 11) is 0. The van der Waals surface area contributed by atoms with Gasteiger partial charge in [0.1, 0.15) is 0 Å². The second-order valence-corrected chi connectivity index (χ2v) is 12.9. The Morgan fingerprint density at radius 1 is 0.731 bits per heavy atom. The van der Waals surface area contributed by atoms with Crippen molar-refractivity contribution in [2.75, 3.05) is 11.5 Å². The van der Waals surface area contributed by atoms with Gasteiger partial charge in [-0.25, -0.2) is 0 Å². The van der Waals surface area contributed by atoms with Gasteiger partial charge in [-0.3, -0.25) is 19.8 Å². The van der Waals surface area contributed by atoms with Crippen LogP contribution in [0.1, 0.15) is 39.5 Å². The minimum absolute atomic E-state index is 0.219. The number of aromatic amines is 2. The Balaban J connectivity index is 1.77. The lowest BCUT2D eigenvalue weighted by atomic mass is 10.4. The molecule has 0 saturated carbocycles. The SMILES string of the molecule is CCCCSC1=C(SCCCC)SC(=C2Sc3c(c(=O)[nH][nH]c3=O)S2)S1. The van der Waals surface area contributed by atoms with E-state index in [1.165, 1.54) is 61.9 Å². The molecule has 0 aromatic carbocycles. The first-order valence-corrected chi connectivity index (χ1v) is 13.7. The van der Waals surface area contributed by atoms with E-state index in [0.29, 0.717) is 9.79 Å². The molecule has 0 fully saturated rings. The fourth-order valence-corrected chi connectivity index (χ4v) is 11.0. The Morgan fingerprint density at radius 3 is 1.58 bits per heavy atom. The Kier molecular flexibility index (Phi) is 8.20. The van der Waals surface area contributed by atoms with Crippen molar-refractivity contribution in [2.45, 2.75) is 49.3 Å². The van der Waals surface area contributed by atoms with Crippen molar-refractivity contribution >= 4 is 70.6 Å². The van der Waals surface area contributed by atoms with Crippen LogP contribution in [-0.4, -0.2) is 21.7 Å². The average molecular weight is 465 g/mol. The van der Waals surface area contributed by atoms with Gasteiger partial charge in [0.15, 0.2) is 0 Å². The molecule has 0 spiro atoms. The standard InChI is InChI=1S/C16H20N2O2S6/c1-3-5-7-21-13-14(22-8-6-4-2)26-16(25-13)15-23-9-10(24-15)12(20)18-17-11(9)19/h3-8H2,1-2H3,(H,17,19)(H,18,20). The summed E-state index contributed by atoms with van der Waals surface area (Å²) in [6, 6.07) is 0. The predicted octanol–water partition coefficient (Wildman–Crippen LogP) is 6.06. The molecule has 2 aliphatic rings. The van der Waals surface area contributed by atoms with E-state index in [2.05, 4.69) is 24.0 Å². The number of hydrogen-bond acceptors (Lipinski definition) is 8. The molecule has 0 atom stereocenters. The quantitative estimate of drug-likeness (QED) is 0.450. The van der Waals surface area contributed by atoms with Crippen LogP contribution in [0.15, 0.2) is 36.3 Å². The lowest BCUT2D eigenvalue weighted by molar-refractivity contribution is 0.861. The molecule has 0 amide bonds. The number of fused-ring (bicyclic) bond motifs is 1. The topological polar surface area (TPSA) is 65.7 Å². The molecule has 2 N–H and O–H groups in total. The van der Waals surface area contributed by atoms with Crippen molar-refractivity contribution < 1.29 is 0 Å². The van der Waals surface area contributed by atoms with Crippen LogP contribution >= 0.6 is 70.6 Å². The van der Waals surface area contributed by atoms with Crippen LogP contribution < -0.4 is 11.1 Å². The van der Waals surface area contributed by atoms with Gasteiger partial charge >= 0.3 is 0 Å². The third-order valence-corrected chi connectivity index (χ3v) is 12.3. The molecule has 0 aliphatic carbocycles. The van der Waals surface area contributed by atoms with Crippen LogP contribution in [0.4, 0.5) is 0 Å². The number of H-pyrrole nitrogens is 2. The van der Waals surface area contributed by atoms with Gasteiger partial charge in [0.2, 0.25) is 0 Å². The first kappa shape index (κ1) is 21.0. The molecule has 2 aliphatic heterocycles. The Morgan fingerprint density at radius 2 is 1.15 bits per heavy atom. The van der Waals surface area contributed by atoms with Gasteiger partial charge in [-0.1, -0.05) is 73.7 Å². The highest BCUT2D eigenvalue weighted by molar-refractivity contribution is 8.42. The van der Waals surface area contributed by atoms with Crippen molar-refractivity contribution in [1.82, 2.24) is 10.2 Å². The molecular weight excluding hydrogens is 445 g/mol. The molecule has 0 bridgehead atoms. The highest BCUT2D eigenvalue weighted by atomic mass is 32.3. The lowest BCUT2D eigenvalue weighted by Crippen LogP contribution is -2.20. The van der Waals surface area contributed by atoms with Crippen LogP contribution in [-0.2, 0) is 0 Å². The summed E-state index contributed by atoms with van der Waals surface area (Å²) in [6.45, 7) is 4.43. The molecule has 142 valence electrons. The van der Waals surface area contributed by atoms with E-state index in [1.54, 1.807) is 23.5 Å². The van der Waals surface area contributed by atoms with Crippen LogP contribution in [0.5, 0.6) is 0 Å². The van der Waals surface area contributed by atoms with Crippen molar-refractivity contribution in [2.24, 2.45) is 0 Å². The summed E-state index contributed by atoms with van der Waals surface area (Å²) in [4.78, 5) is 25.0. The maximum Gasteiger partial charge on any atom is 0.277 e. The largest absolute Gasteiger partial charge is 0.277 e. The van der Waals surface area contributed by atoms with Crippen LogP contribution in [0.3, 0.4) is 0 Å². The summed E-state index contributed by atoms with van der Waals surface area (Å²) in [5.74, 6) is 2.28. The fraction of sp³-hybridized carbons (Fsp3) is 0.500. The van der Waals surface area contributed by atoms with E-state index in [0.717, 1.165) is 15.7 Å². The number of nitrogens with one attached hydrogen (secondary N) is 2. The van der Waals surface area contributed by atoms with Crippen LogP contribution in [0.25, 0.3) is 0 Å². The minimum atomic E-state index is -0.219. The number of thioether (sulfide) groups is 6. The first-order chi connectivity index (χ1) is 12.6. The van der Waals surface area contributed by atoms with Gasteiger partial charge < -0.3 is 0 Å². The molecule has 0 saturated heterocycles. The van der Waals surface area contributed by atoms with E-state index in [1.807, 2.05) is 23.5 Å². The minimum Gasteiger partial charge on any atom is -0.267 e. The van der Waals surface area contributed by atoms with Gasteiger partial charge in [-0.05, 0) is 24.3 Å². The molecule has 10 heteroatoms. The Hall–Kier alpha value is 0.260. The highest BCUT2D eigenvalue weighted by Gasteiger charge is 2.31. The van der Waals surface area contributed by atoms with Crippen molar-refractivity contribution in [3.8, 4) is 0 Å². The lowest BCUT2D eigenvalue weighted by Gasteiger charge is -2.03. The van der Waals surface area contributed by atoms with Gasteiger partial charge in [0, 0.05) is 0 Å². The summed E-state index contributed by atoms with van der Waals surface area (Å²) in [5.41, 5.74) is -0.438. The van der Waals surface area contributed by atoms with E-state index in [4.69, 9.17) is 0 Å². The number of unbranched alkanes of at least 4 members (excludes halogenated alkanes) is 2. The van der Waals surface area contributed by atoms with Gasteiger partial charge in [-0.15, -0.1) is 23.5 Å². The second-order valence-electron chi connectivity index (χ2n) is 5.53. The zero-order chi connectivity index (χ0) is 18.5. The monoisotopic (exact) mass is 464 g/mol. The van der Waals surface area contributed by atoms with Gasteiger partial charge in [-0.2, -0.15) is 0 Å². The first-order valence-electron chi connectivity index (χ1n) is 8.44. The van der Waals surface area contributed by atoms with E-state index in [9.17, 15) is 9.59 Å². The molecular formula is C16H20N2O2S6. The molecule has 26 heavy (non-hydrogen) atoms. The Bertz CT molecular complexity index is 777. The van der Waals surface area contributed by atoms with E-state index in [-0.39, 0.29) is 11.1 Å². The fourth-order valence-electron chi connectivity index (χ4n) is 2.06. The van der Waals surface area contributed by atoms with Crippen LogP contribution in [0, 0.1) is 0 Å². The third-order valence-electron chi connectivity index (χ3n) is 3.46. The number of aromatic nitrogens is 2. The molecule has 3 heterocycles. The maximum absolute atomic E-state index is 12.0. The van der Waals surface area contributed by atoms with Gasteiger partial charge in [0.05, 0.1) is 26.7 Å². The summed E-state index contributed by atoms with van der Waals surface area (Å²) < 4.78 is 5.02. The average Bonchev–Trinajstić information content (AvgIpc) is 3.24. The molecule has 4 nitrogen and oxygen atoms in total. The molecule has 0 radical (unpaired) electrons. The molecule has 1 aromatic heterocycles. The van der Waals surface area contributed by atoms with E-state index < -0.39 is 0 Å². The molecule has 3 rings (SSSR count). The zero-order valence-electron chi connectivity index (χ0n) is 14.5. The predicted molar refractivity (Wildman–Crippen MR) is 123 cm³/mol. The van der Waals surface area contributed by atoms with Gasteiger partial charge in [0.25, 0.3) is 11.1 Å². The normalized spacial score (nSPS) is 16.7.